The molecule has 0 aliphatic carbocycles. The Morgan fingerprint density at radius 2 is 0.840 bits per heavy atom. The summed E-state index contributed by atoms with van der Waals surface area (Å²) in [7, 11) is 1.46. The van der Waals surface area contributed by atoms with Crippen LogP contribution in [0, 0.1) is 0 Å². The van der Waals surface area contributed by atoms with E-state index in [1.807, 2.05) is 94.1 Å². The van der Waals surface area contributed by atoms with E-state index in [0.717, 1.165) is 70.6 Å². The van der Waals surface area contributed by atoms with Crippen LogP contribution >= 0.6 is 7.82 Å². The molecule has 3 atom stereocenters. The summed E-state index contributed by atoms with van der Waals surface area (Å²) in [5.74, 6) is -0.556. The number of likely N-dealkylation sites (N-methyl/N-ethyl adjacent to an activating group) is 1. The first-order valence-corrected chi connectivity index (χ1v) is 34.8. The van der Waals surface area contributed by atoms with E-state index in [1.54, 1.807) is 0 Å². The number of nitrogens with zero attached hydrogens (tertiary/aromatic N) is 1. The highest BCUT2D eigenvalue weighted by molar-refractivity contribution is 7.47. The first-order valence-electron chi connectivity index (χ1n) is 33.3. The van der Waals surface area contributed by atoms with Gasteiger partial charge in [0.1, 0.15) is 19.3 Å². The zero-order valence-corrected chi connectivity index (χ0v) is 54.1. The summed E-state index contributed by atoms with van der Waals surface area (Å²) >= 11 is 0. The Kier molecular flexibility index (Phi) is 57.4. The number of phosphoric acid groups is 1. The molecule has 9 nitrogen and oxygen atoms in total. The summed E-state index contributed by atoms with van der Waals surface area (Å²) in [6.07, 6.45) is 82.4. The predicted octanol–water partition coefficient (Wildman–Crippen LogP) is 20.9. The fourth-order valence-electron chi connectivity index (χ4n) is 9.24. The molecule has 0 aliphatic heterocycles. The molecular weight excluding hydrogens is 1020 g/mol. The monoisotopic (exact) mass is 1150 g/mol. The number of hydrogen-bond acceptors (Lipinski definition) is 6. The standard InChI is InChI=1S/C71H125N2O7P/c1-7-10-13-16-19-22-25-28-30-32-33-34-35-36-37-38-39-41-42-45-48-51-54-57-60-63-70(74)72-68(67-79-81(76,77)78-66-65-73(4,5)6)69(62-59-56-53-50-47-44-27-24-21-18-15-12-9-3)80-71(75)64-61-58-55-52-49-46-43-40-31-29-26-23-20-17-14-11-8-2/h11,14,17,19-20,22-23,26,28-31,40,43,46,49,59,62,68-69H,7-10,12-13,15-16,18,21,24-25,27,32-39,41-42,44-45,47-48,50-58,60-61,63-67H2,1-6H3,(H-,72,74,76,77)/p+1/b14-11-,20-17+,22-19-,26-23+,30-28-,31-29-,43-40+,49-46+,62-59-. The molecule has 466 valence electrons. The quantitative estimate of drug-likeness (QED) is 0.0156. The van der Waals surface area contributed by atoms with Crippen LogP contribution in [0.15, 0.2) is 109 Å². The molecule has 0 rings (SSSR count). The highest BCUT2D eigenvalue weighted by Gasteiger charge is 2.30. The van der Waals surface area contributed by atoms with Crippen molar-refractivity contribution in [2.24, 2.45) is 0 Å². The Labute approximate surface area is 500 Å². The number of carbonyl (C=O) groups is 2. The molecule has 0 aliphatic rings. The number of quaternary nitrogens is 1. The molecule has 81 heavy (non-hydrogen) atoms. The van der Waals surface area contributed by atoms with E-state index >= 15 is 0 Å². The van der Waals surface area contributed by atoms with Gasteiger partial charge in [-0.3, -0.25) is 18.6 Å². The molecule has 3 unspecified atom stereocenters. The summed E-state index contributed by atoms with van der Waals surface area (Å²) in [5, 5.41) is 3.05. The van der Waals surface area contributed by atoms with Crippen LogP contribution in [0.2, 0.25) is 0 Å². The van der Waals surface area contributed by atoms with E-state index in [1.165, 1.54) is 167 Å². The highest BCUT2D eigenvalue weighted by Crippen LogP contribution is 2.43. The van der Waals surface area contributed by atoms with Crippen LogP contribution in [-0.4, -0.2) is 74.3 Å². The van der Waals surface area contributed by atoms with Crippen molar-refractivity contribution in [3.63, 3.8) is 0 Å². The number of nitrogens with one attached hydrogen (secondary N) is 1. The van der Waals surface area contributed by atoms with Crippen LogP contribution in [-0.2, 0) is 27.9 Å². The van der Waals surface area contributed by atoms with E-state index < -0.39 is 20.0 Å². The molecule has 2 N–H and O–H groups in total. The fourth-order valence-corrected chi connectivity index (χ4v) is 9.97. The van der Waals surface area contributed by atoms with Crippen molar-refractivity contribution in [2.75, 3.05) is 40.9 Å². The molecule has 0 radical (unpaired) electrons. The van der Waals surface area contributed by atoms with Gasteiger partial charge in [-0.25, -0.2) is 4.57 Å². The van der Waals surface area contributed by atoms with Gasteiger partial charge >= 0.3 is 13.8 Å². The van der Waals surface area contributed by atoms with Crippen molar-refractivity contribution in [1.82, 2.24) is 5.32 Å². The average molecular weight is 1150 g/mol. The molecule has 0 saturated heterocycles. The Balaban J connectivity index is 5.20. The molecule has 0 spiro atoms. The number of phosphoric ester groups is 1. The van der Waals surface area contributed by atoms with Crippen molar-refractivity contribution < 1.29 is 37.3 Å². The van der Waals surface area contributed by atoms with Gasteiger partial charge in [0.2, 0.25) is 5.91 Å². The fraction of sp³-hybridized carbons (Fsp3) is 0.718. The second kappa shape index (κ2) is 59.8. The highest BCUT2D eigenvalue weighted by atomic mass is 31.2. The number of unbranched alkanes of at least 4 members (excludes halogenated alkanes) is 32. The van der Waals surface area contributed by atoms with E-state index in [9.17, 15) is 19.0 Å². The minimum Gasteiger partial charge on any atom is -0.456 e. The van der Waals surface area contributed by atoms with Crippen molar-refractivity contribution >= 4 is 19.7 Å². The SMILES string of the molecule is CC\C=C/C=C/C=C/C=C\C=C\C=C\CCCCCC(=O)OC(/C=C\CCCCCCCCCCCCC)C(COP(=O)(O)OCC[N+](C)(C)C)NC(=O)CCCCCCCCCCCCCCCCC/C=C\C/C=C\CCCCC. The van der Waals surface area contributed by atoms with Crippen LogP contribution in [0.4, 0.5) is 0 Å². The third kappa shape index (κ3) is 61.1. The Hall–Kier alpha value is -3.33. The maximum Gasteiger partial charge on any atom is 0.472 e. The van der Waals surface area contributed by atoms with Gasteiger partial charge in [0.25, 0.3) is 0 Å². The van der Waals surface area contributed by atoms with Gasteiger partial charge in [-0.05, 0) is 83.1 Å². The van der Waals surface area contributed by atoms with Gasteiger partial charge < -0.3 is 19.4 Å². The first kappa shape index (κ1) is 77.7. The lowest BCUT2D eigenvalue weighted by Crippen LogP contribution is -2.47. The Bertz CT molecular complexity index is 1750. The third-order valence-electron chi connectivity index (χ3n) is 14.4. The van der Waals surface area contributed by atoms with Gasteiger partial charge in [-0.1, -0.05) is 291 Å². The molecular formula is C71H126N2O7P+. The van der Waals surface area contributed by atoms with E-state index in [4.69, 9.17) is 13.8 Å². The van der Waals surface area contributed by atoms with Gasteiger partial charge in [-0.15, -0.1) is 0 Å². The smallest absolute Gasteiger partial charge is 0.456 e. The number of rotatable bonds is 59. The molecule has 0 aromatic carbocycles. The van der Waals surface area contributed by atoms with Gasteiger partial charge in [0.05, 0.1) is 33.8 Å². The maximum atomic E-state index is 13.6. The molecule has 0 heterocycles. The van der Waals surface area contributed by atoms with Crippen LogP contribution < -0.4 is 5.32 Å². The number of allylic oxidation sites excluding steroid dienone is 17. The van der Waals surface area contributed by atoms with Gasteiger partial charge in [-0.2, -0.15) is 0 Å². The zero-order valence-electron chi connectivity index (χ0n) is 53.2. The third-order valence-corrected chi connectivity index (χ3v) is 15.3. The first-order chi connectivity index (χ1) is 39.4. The van der Waals surface area contributed by atoms with Crippen molar-refractivity contribution in [3.05, 3.63) is 109 Å². The predicted molar refractivity (Wildman–Crippen MR) is 350 cm³/mol. The summed E-state index contributed by atoms with van der Waals surface area (Å²) < 4.78 is 30.7. The minimum absolute atomic E-state index is 0.0280. The number of hydrogen-bond donors (Lipinski definition) is 2. The van der Waals surface area contributed by atoms with Crippen LogP contribution in [0.25, 0.3) is 0 Å². The van der Waals surface area contributed by atoms with Crippen molar-refractivity contribution in [1.29, 1.82) is 0 Å². The second-order valence-corrected chi connectivity index (χ2v) is 24.9. The normalized spacial score (nSPS) is 14.3. The summed E-state index contributed by atoms with van der Waals surface area (Å²) in [6.45, 7) is 6.82. The van der Waals surface area contributed by atoms with Crippen molar-refractivity contribution in [3.8, 4) is 0 Å². The topological polar surface area (TPSA) is 111 Å². The molecule has 0 aromatic rings. The lowest BCUT2D eigenvalue weighted by atomic mass is 10.0. The molecule has 0 bridgehead atoms. The summed E-state index contributed by atoms with van der Waals surface area (Å²) in [4.78, 5) is 37.8. The Morgan fingerprint density at radius 1 is 0.457 bits per heavy atom. The van der Waals surface area contributed by atoms with Crippen LogP contribution in [0.1, 0.15) is 278 Å². The summed E-state index contributed by atoms with van der Waals surface area (Å²) in [6, 6.07) is -0.874. The summed E-state index contributed by atoms with van der Waals surface area (Å²) in [5.41, 5.74) is 0. The van der Waals surface area contributed by atoms with Crippen LogP contribution in [0.5, 0.6) is 0 Å². The Morgan fingerprint density at radius 3 is 1.32 bits per heavy atom. The van der Waals surface area contributed by atoms with Gasteiger partial charge in [0, 0.05) is 12.8 Å². The minimum atomic E-state index is -4.47. The van der Waals surface area contributed by atoms with Crippen LogP contribution in [0.3, 0.4) is 0 Å². The zero-order chi connectivity index (χ0) is 59.3. The lowest BCUT2D eigenvalue weighted by molar-refractivity contribution is -0.870. The molecule has 0 saturated carbocycles. The molecule has 0 fully saturated rings. The van der Waals surface area contributed by atoms with E-state index in [0.29, 0.717) is 23.9 Å². The number of ether oxygens (including phenoxy) is 1. The van der Waals surface area contributed by atoms with E-state index in [2.05, 4.69) is 62.5 Å². The molecule has 10 heteroatoms. The van der Waals surface area contributed by atoms with Gasteiger partial charge in [0.15, 0.2) is 0 Å². The average Bonchev–Trinajstić information content (AvgIpc) is 3.44. The second-order valence-electron chi connectivity index (χ2n) is 23.4. The molecule has 1 amide bonds. The number of esters is 1. The number of carbonyl (C=O) groups excluding carboxylic acids is 2. The maximum absolute atomic E-state index is 13.6. The van der Waals surface area contributed by atoms with Crippen molar-refractivity contribution in [2.45, 2.75) is 290 Å². The lowest BCUT2D eigenvalue weighted by Gasteiger charge is -2.27. The number of amides is 1. The largest absolute Gasteiger partial charge is 0.472 e. The molecule has 0 aromatic heterocycles. The van der Waals surface area contributed by atoms with E-state index in [-0.39, 0.29) is 31.5 Å².